The fraction of sp³-hybridized carbons (Fsp3) is 0.167. The fourth-order valence-corrected chi connectivity index (χ4v) is 3.07. The van der Waals surface area contributed by atoms with Crippen molar-refractivity contribution in [1.82, 2.24) is 9.97 Å². The van der Waals surface area contributed by atoms with Crippen molar-refractivity contribution in [2.75, 3.05) is 17.2 Å². The van der Waals surface area contributed by atoms with Gasteiger partial charge in [-0.1, -0.05) is 18.2 Å². The van der Waals surface area contributed by atoms with Gasteiger partial charge in [0.25, 0.3) is 0 Å². The number of aromatic nitrogens is 2. The third-order valence-corrected chi connectivity index (χ3v) is 4.22. The molecule has 0 saturated carbocycles. The molecular formula is C18H15FN4O. The minimum Gasteiger partial charge on any atom is -0.369 e. The average Bonchev–Trinajstić information content (AvgIpc) is 2.59. The molecule has 6 heteroatoms. The Balaban J connectivity index is 1.62. The summed E-state index contributed by atoms with van der Waals surface area (Å²) in [5.41, 5.74) is 2.61. The quantitative estimate of drug-likeness (QED) is 0.776. The van der Waals surface area contributed by atoms with E-state index in [9.17, 15) is 9.18 Å². The van der Waals surface area contributed by atoms with E-state index < -0.39 is 0 Å². The SMILES string of the molecule is O=C1CC(CNc2ncnc3ccc(F)cc23)c2ccccc2N1. The van der Waals surface area contributed by atoms with E-state index in [0.717, 1.165) is 11.3 Å². The van der Waals surface area contributed by atoms with E-state index in [1.54, 1.807) is 6.07 Å². The summed E-state index contributed by atoms with van der Waals surface area (Å²) in [5.74, 6) is 0.276. The maximum Gasteiger partial charge on any atom is 0.225 e. The summed E-state index contributed by atoms with van der Waals surface area (Å²) in [6.07, 6.45) is 1.85. The first-order valence-electron chi connectivity index (χ1n) is 7.73. The number of hydrogen-bond acceptors (Lipinski definition) is 4. The molecule has 0 bridgehead atoms. The van der Waals surface area contributed by atoms with Gasteiger partial charge < -0.3 is 10.6 Å². The number of halogens is 1. The van der Waals surface area contributed by atoms with Crippen LogP contribution in [-0.2, 0) is 4.79 Å². The van der Waals surface area contributed by atoms with Crippen molar-refractivity contribution in [1.29, 1.82) is 0 Å². The van der Waals surface area contributed by atoms with Crippen LogP contribution in [0, 0.1) is 5.82 Å². The van der Waals surface area contributed by atoms with Crippen LogP contribution < -0.4 is 10.6 Å². The van der Waals surface area contributed by atoms with E-state index in [1.807, 2.05) is 24.3 Å². The highest BCUT2D eigenvalue weighted by atomic mass is 19.1. The number of nitrogens with one attached hydrogen (secondary N) is 2. The minimum atomic E-state index is -0.331. The molecule has 120 valence electrons. The lowest BCUT2D eigenvalue weighted by Crippen LogP contribution is -2.27. The van der Waals surface area contributed by atoms with E-state index in [-0.39, 0.29) is 17.6 Å². The lowest BCUT2D eigenvalue weighted by molar-refractivity contribution is -0.116. The van der Waals surface area contributed by atoms with Crippen molar-refractivity contribution in [3.63, 3.8) is 0 Å². The van der Waals surface area contributed by atoms with Gasteiger partial charge in [0, 0.05) is 30.0 Å². The second-order valence-corrected chi connectivity index (χ2v) is 5.80. The van der Waals surface area contributed by atoms with Crippen molar-refractivity contribution >= 4 is 28.3 Å². The summed E-state index contributed by atoms with van der Waals surface area (Å²) in [4.78, 5) is 20.3. The van der Waals surface area contributed by atoms with Gasteiger partial charge in [0.2, 0.25) is 5.91 Å². The van der Waals surface area contributed by atoms with E-state index in [2.05, 4.69) is 20.6 Å². The third-order valence-electron chi connectivity index (χ3n) is 4.22. The summed E-state index contributed by atoms with van der Waals surface area (Å²) in [5, 5.41) is 6.76. The summed E-state index contributed by atoms with van der Waals surface area (Å²) >= 11 is 0. The molecule has 2 aromatic carbocycles. The molecule has 3 aromatic rings. The zero-order chi connectivity index (χ0) is 16.5. The largest absolute Gasteiger partial charge is 0.369 e. The first-order chi connectivity index (χ1) is 11.7. The molecule has 1 aromatic heterocycles. The van der Waals surface area contributed by atoms with Gasteiger partial charge in [-0.3, -0.25) is 4.79 Å². The van der Waals surface area contributed by atoms with Gasteiger partial charge in [0.15, 0.2) is 0 Å². The number of anilines is 2. The average molecular weight is 322 g/mol. The zero-order valence-electron chi connectivity index (χ0n) is 12.8. The molecule has 1 aliphatic rings. The molecule has 0 radical (unpaired) electrons. The highest BCUT2D eigenvalue weighted by Crippen LogP contribution is 2.32. The molecule has 2 heterocycles. The molecule has 1 amide bonds. The Morgan fingerprint density at radius 1 is 1.21 bits per heavy atom. The van der Waals surface area contributed by atoms with Crippen LogP contribution >= 0.6 is 0 Å². The fourth-order valence-electron chi connectivity index (χ4n) is 3.07. The van der Waals surface area contributed by atoms with Gasteiger partial charge in [0.05, 0.1) is 5.52 Å². The molecule has 4 rings (SSSR count). The predicted octanol–water partition coefficient (Wildman–Crippen LogP) is 3.31. The van der Waals surface area contributed by atoms with Crippen LogP contribution in [0.2, 0.25) is 0 Å². The van der Waals surface area contributed by atoms with Gasteiger partial charge >= 0.3 is 0 Å². The van der Waals surface area contributed by atoms with E-state index >= 15 is 0 Å². The van der Waals surface area contributed by atoms with Gasteiger partial charge in [-0.05, 0) is 29.8 Å². The second kappa shape index (κ2) is 5.88. The highest BCUT2D eigenvalue weighted by Gasteiger charge is 2.24. The number of benzene rings is 2. The Morgan fingerprint density at radius 3 is 3.00 bits per heavy atom. The molecule has 2 N–H and O–H groups in total. The maximum atomic E-state index is 13.5. The summed E-state index contributed by atoms with van der Waals surface area (Å²) in [7, 11) is 0. The number of para-hydroxylation sites is 1. The topological polar surface area (TPSA) is 66.9 Å². The van der Waals surface area contributed by atoms with Crippen molar-refractivity contribution < 1.29 is 9.18 Å². The van der Waals surface area contributed by atoms with Gasteiger partial charge in [-0.15, -0.1) is 0 Å². The molecule has 1 atom stereocenters. The normalized spacial score (nSPS) is 16.5. The second-order valence-electron chi connectivity index (χ2n) is 5.80. The molecule has 24 heavy (non-hydrogen) atoms. The number of carbonyl (C=O) groups excluding carboxylic acids is 1. The Bertz CT molecular complexity index is 928. The molecule has 1 unspecified atom stereocenters. The molecule has 0 aliphatic carbocycles. The van der Waals surface area contributed by atoms with Gasteiger partial charge in [0.1, 0.15) is 18.0 Å². The van der Waals surface area contributed by atoms with Crippen LogP contribution in [0.15, 0.2) is 48.8 Å². The summed E-state index contributed by atoms with van der Waals surface area (Å²) in [6.45, 7) is 0.535. The first-order valence-corrected chi connectivity index (χ1v) is 7.73. The summed E-state index contributed by atoms with van der Waals surface area (Å²) in [6, 6.07) is 12.2. The standard InChI is InChI=1S/C18H15FN4O/c19-12-5-6-15-14(8-12)18(22-10-21-15)20-9-11-7-17(24)23-16-4-2-1-3-13(11)16/h1-6,8,10-11H,7,9H2,(H,23,24)(H,20,21,22). The van der Waals surface area contributed by atoms with E-state index in [0.29, 0.717) is 29.7 Å². The summed E-state index contributed by atoms with van der Waals surface area (Å²) < 4.78 is 13.5. The Labute approximate surface area is 137 Å². The zero-order valence-corrected chi connectivity index (χ0v) is 12.8. The van der Waals surface area contributed by atoms with Crippen LogP contribution in [0.3, 0.4) is 0 Å². The van der Waals surface area contributed by atoms with Crippen LogP contribution in [0.25, 0.3) is 10.9 Å². The molecule has 5 nitrogen and oxygen atoms in total. The lowest BCUT2D eigenvalue weighted by Gasteiger charge is -2.26. The van der Waals surface area contributed by atoms with Crippen molar-refractivity contribution in [2.24, 2.45) is 0 Å². The lowest BCUT2D eigenvalue weighted by atomic mass is 9.90. The van der Waals surface area contributed by atoms with Crippen molar-refractivity contribution in [3.05, 3.63) is 60.2 Å². The highest BCUT2D eigenvalue weighted by molar-refractivity contribution is 5.95. The molecule has 0 saturated heterocycles. The third kappa shape index (κ3) is 2.67. The molecule has 0 spiro atoms. The predicted molar refractivity (Wildman–Crippen MR) is 90.4 cm³/mol. The van der Waals surface area contributed by atoms with Crippen molar-refractivity contribution in [3.8, 4) is 0 Å². The van der Waals surface area contributed by atoms with Gasteiger partial charge in [-0.25, -0.2) is 14.4 Å². The Hall–Kier alpha value is -3.02. The van der Waals surface area contributed by atoms with Crippen LogP contribution in [0.5, 0.6) is 0 Å². The number of fused-ring (bicyclic) bond motifs is 2. The van der Waals surface area contributed by atoms with E-state index in [1.165, 1.54) is 18.5 Å². The smallest absolute Gasteiger partial charge is 0.225 e. The molecule has 0 fully saturated rings. The minimum absolute atomic E-state index is 0.000843. The van der Waals surface area contributed by atoms with Gasteiger partial charge in [-0.2, -0.15) is 0 Å². The van der Waals surface area contributed by atoms with E-state index in [4.69, 9.17) is 0 Å². The molecule has 1 aliphatic heterocycles. The number of hydrogen-bond donors (Lipinski definition) is 2. The maximum absolute atomic E-state index is 13.5. The number of rotatable bonds is 3. The molecular weight excluding hydrogens is 307 g/mol. The number of carbonyl (C=O) groups is 1. The monoisotopic (exact) mass is 322 g/mol. The van der Waals surface area contributed by atoms with Crippen molar-refractivity contribution in [2.45, 2.75) is 12.3 Å². The number of amides is 1. The number of nitrogens with zero attached hydrogens (tertiary/aromatic N) is 2. The first kappa shape index (κ1) is 14.6. The Morgan fingerprint density at radius 2 is 2.08 bits per heavy atom. The van der Waals surface area contributed by atoms with Crippen LogP contribution in [0.4, 0.5) is 15.9 Å². The van der Waals surface area contributed by atoms with Crippen LogP contribution in [0.1, 0.15) is 17.9 Å². The Kier molecular flexibility index (Phi) is 3.57. The van der Waals surface area contributed by atoms with Crippen LogP contribution in [-0.4, -0.2) is 22.4 Å².